The predicted octanol–water partition coefficient (Wildman–Crippen LogP) is 2.16. The van der Waals surface area contributed by atoms with E-state index in [9.17, 15) is 0 Å². The van der Waals surface area contributed by atoms with Crippen molar-refractivity contribution in [1.82, 2.24) is 15.2 Å². The lowest BCUT2D eigenvalue weighted by Gasteiger charge is -2.25. The fourth-order valence-corrected chi connectivity index (χ4v) is 3.12. The van der Waals surface area contributed by atoms with E-state index in [1.165, 1.54) is 44.2 Å². The maximum absolute atomic E-state index is 5.76. The topological polar surface area (TPSA) is 55.9 Å². The van der Waals surface area contributed by atoms with Crippen LogP contribution in [0.25, 0.3) is 0 Å². The van der Waals surface area contributed by atoms with Crippen LogP contribution in [-0.4, -0.2) is 15.8 Å². The van der Waals surface area contributed by atoms with Gasteiger partial charge in [0.2, 0.25) is 0 Å². The first-order valence-electron chi connectivity index (χ1n) is 7.24. The lowest BCUT2D eigenvalue weighted by Crippen LogP contribution is -2.41. The molecule has 4 nitrogen and oxygen atoms in total. The van der Waals surface area contributed by atoms with Crippen LogP contribution in [0.1, 0.15) is 50.6 Å². The molecule has 18 heavy (non-hydrogen) atoms. The van der Waals surface area contributed by atoms with E-state index in [0.29, 0.717) is 6.04 Å². The normalized spacial score (nSPS) is 19.7. The van der Waals surface area contributed by atoms with Gasteiger partial charge in [0, 0.05) is 25.0 Å². The Morgan fingerprint density at radius 3 is 2.67 bits per heavy atom. The Morgan fingerprint density at radius 2 is 2.11 bits per heavy atom. The second-order valence-corrected chi connectivity index (χ2v) is 5.51. The van der Waals surface area contributed by atoms with Gasteiger partial charge < -0.3 is 0 Å². The molecule has 1 atom stereocenters. The molecule has 1 unspecified atom stereocenters. The van der Waals surface area contributed by atoms with Gasteiger partial charge in [-0.1, -0.05) is 25.7 Å². The van der Waals surface area contributed by atoms with E-state index < -0.39 is 0 Å². The van der Waals surface area contributed by atoms with Gasteiger partial charge in [0.15, 0.2) is 0 Å². The van der Waals surface area contributed by atoms with E-state index in [1.807, 2.05) is 17.9 Å². The van der Waals surface area contributed by atoms with Crippen molar-refractivity contribution in [1.29, 1.82) is 0 Å². The molecular weight excluding hydrogens is 224 g/mol. The van der Waals surface area contributed by atoms with E-state index >= 15 is 0 Å². The quantitative estimate of drug-likeness (QED) is 0.478. The summed E-state index contributed by atoms with van der Waals surface area (Å²) in [5.74, 6) is 6.52. The smallest absolute Gasteiger partial charge is 0.0492 e. The molecule has 1 aromatic rings. The monoisotopic (exact) mass is 250 g/mol. The largest absolute Gasteiger partial charge is 0.273 e. The van der Waals surface area contributed by atoms with Crippen LogP contribution in [0, 0.1) is 5.92 Å². The Balaban J connectivity index is 1.86. The van der Waals surface area contributed by atoms with Gasteiger partial charge in [-0.15, -0.1) is 0 Å². The van der Waals surface area contributed by atoms with Gasteiger partial charge in [-0.25, -0.2) is 0 Å². The SMILES string of the molecule is Cn1nccc1CCC(NN)C1CCCCCC1. The van der Waals surface area contributed by atoms with Gasteiger partial charge in [0.05, 0.1) is 0 Å². The number of aryl methyl sites for hydroxylation is 2. The third-order valence-corrected chi connectivity index (χ3v) is 4.32. The Bertz CT molecular complexity index is 339. The van der Waals surface area contributed by atoms with E-state index in [2.05, 4.69) is 16.6 Å². The lowest BCUT2D eigenvalue weighted by atomic mass is 9.89. The summed E-state index contributed by atoms with van der Waals surface area (Å²) in [6, 6.07) is 2.55. The van der Waals surface area contributed by atoms with E-state index in [-0.39, 0.29) is 0 Å². The van der Waals surface area contributed by atoms with Crippen LogP contribution in [0.5, 0.6) is 0 Å². The Labute approximate surface area is 110 Å². The summed E-state index contributed by atoms with van der Waals surface area (Å²) in [5, 5.41) is 4.21. The van der Waals surface area contributed by atoms with Gasteiger partial charge in [-0.2, -0.15) is 5.10 Å². The number of nitrogens with zero attached hydrogens (tertiary/aromatic N) is 2. The molecule has 0 aromatic carbocycles. The summed E-state index contributed by atoms with van der Waals surface area (Å²) >= 11 is 0. The van der Waals surface area contributed by atoms with Gasteiger partial charge in [0.25, 0.3) is 0 Å². The maximum atomic E-state index is 5.76. The van der Waals surface area contributed by atoms with Crippen LogP contribution in [0.2, 0.25) is 0 Å². The second-order valence-electron chi connectivity index (χ2n) is 5.51. The average Bonchev–Trinajstić information content (AvgIpc) is 2.65. The highest BCUT2D eigenvalue weighted by atomic mass is 15.3. The third-order valence-electron chi connectivity index (χ3n) is 4.32. The summed E-state index contributed by atoms with van der Waals surface area (Å²) in [6.07, 6.45) is 12.2. The molecule has 1 aliphatic rings. The molecule has 0 aliphatic heterocycles. The van der Waals surface area contributed by atoms with Crippen LogP contribution in [0.3, 0.4) is 0 Å². The van der Waals surface area contributed by atoms with Crippen molar-refractivity contribution in [2.45, 2.75) is 57.4 Å². The van der Waals surface area contributed by atoms with Crippen molar-refractivity contribution in [2.75, 3.05) is 0 Å². The summed E-state index contributed by atoms with van der Waals surface area (Å²) in [4.78, 5) is 0. The number of hydrogen-bond donors (Lipinski definition) is 2. The zero-order chi connectivity index (χ0) is 12.8. The molecule has 2 rings (SSSR count). The molecular formula is C14H26N4. The Hall–Kier alpha value is -0.870. The summed E-state index contributed by atoms with van der Waals surface area (Å²) < 4.78 is 1.96. The maximum Gasteiger partial charge on any atom is 0.0492 e. The van der Waals surface area contributed by atoms with Crippen molar-refractivity contribution in [2.24, 2.45) is 18.8 Å². The van der Waals surface area contributed by atoms with Crippen molar-refractivity contribution in [3.63, 3.8) is 0 Å². The summed E-state index contributed by atoms with van der Waals surface area (Å²) in [5.41, 5.74) is 4.35. The zero-order valence-electron chi connectivity index (χ0n) is 11.4. The Morgan fingerprint density at radius 1 is 1.39 bits per heavy atom. The zero-order valence-corrected chi connectivity index (χ0v) is 11.4. The van der Waals surface area contributed by atoms with Gasteiger partial charge in [0.1, 0.15) is 0 Å². The van der Waals surface area contributed by atoms with E-state index in [0.717, 1.165) is 18.8 Å². The summed E-state index contributed by atoms with van der Waals surface area (Å²) in [7, 11) is 2.01. The molecule has 1 heterocycles. The highest BCUT2D eigenvalue weighted by Crippen LogP contribution is 2.27. The van der Waals surface area contributed by atoms with Crippen molar-refractivity contribution < 1.29 is 0 Å². The standard InChI is InChI=1S/C14H26N4/c1-18-13(10-11-16-18)8-9-14(17-15)12-6-4-2-3-5-7-12/h10-12,14,17H,2-9,15H2,1H3. The van der Waals surface area contributed by atoms with Crippen molar-refractivity contribution in [3.8, 4) is 0 Å². The highest BCUT2D eigenvalue weighted by molar-refractivity contribution is 5.00. The van der Waals surface area contributed by atoms with E-state index in [1.54, 1.807) is 0 Å². The van der Waals surface area contributed by atoms with Gasteiger partial charge in [-0.3, -0.25) is 16.0 Å². The van der Waals surface area contributed by atoms with Crippen LogP contribution in [-0.2, 0) is 13.5 Å². The molecule has 102 valence electrons. The minimum Gasteiger partial charge on any atom is -0.273 e. The van der Waals surface area contributed by atoms with Crippen LogP contribution in [0.4, 0.5) is 0 Å². The van der Waals surface area contributed by atoms with E-state index in [4.69, 9.17) is 5.84 Å². The third kappa shape index (κ3) is 3.56. The molecule has 0 amide bonds. The average molecular weight is 250 g/mol. The van der Waals surface area contributed by atoms with Crippen molar-refractivity contribution >= 4 is 0 Å². The van der Waals surface area contributed by atoms with Gasteiger partial charge in [-0.05, 0) is 37.7 Å². The molecule has 1 fully saturated rings. The molecule has 3 N–H and O–H groups in total. The van der Waals surface area contributed by atoms with Crippen LogP contribution in [0.15, 0.2) is 12.3 Å². The highest BCUT2D eigenvalue weighted by Gasteiger charge is 2.21. The lowest BCUT2D eigenvalue weighted by molar-refractivity contribution is 0.306. The first kappa shape index (κ1) is 13.6. The fourth-order valence-electron chi connectivity index (χ4n) is 3.12. The van der Waals surface area contributed by atoms with Gasteiger partial charge >= 0.3 is 0 Å². The minimum atomic E-state index is 0.456. The molecule has 1 aliphatic carbocycles. The first-order chi connectivity index (χ1) is 8.81. The molecule has 4 heteroatoms. The molecule has 1 saturated carbocycles. The molecule has 0 radical (unpaired) electrons. The predicted molar refractivity (Wildman–Crippen MR) is 73.8 cm³/mol. The molecule has 0 saturated heterocycles. The Kier molecular flexibility index (Phi) is 5.20. The van der Waals surface area contributed by atoms with Crippen molar-refractivity contribution in [3.05, 3.63) is 18.0 Å². The second kappa shape index (κ2) is 6.90. The number of nitrogens with two attached hydrogens (primary N) is 1. The fraction of sp³-hybridized carbons (Fsp3) is 0.786. The number of hydrazine groups is 1. The minimum absolute atomic E-state index is 0.456. The number of hydrogen-bond acceptors (Lipinski definition) is 3. The molecule has 0 bridgehead atoms. The van der Waals surface area contributed by atoms with Crippen LogP contribution < -0.4 is 11.3 Å². The van der Waals surface area contributed by atoms with Crippen LogP contribution >= 0.6 is 0 Å². The summed E-state index contributed by atoms with van der Waals surface area (Å²) in [6.45, 7) is 0. The number of nitrogens with one attached hydrogen (secondary N) is 1. The molecule has 1 aromatic heterocycles. The number of rotatable bonds is 5. The molecule has 0 spiro atoms. The number of aromatic nitrogens is 2. The first-order valence-corrected chi connectivity index (χ1v) is 7.24.